The van der Waals surface area contributed by atoms with E-state index in [1.54, 1.807) is 13.8 Å². The molecule has 8 heteroatoms. The summed E-state index contributed by atoms with van der Waals surface area (Å²) in [5, 5.41) is 2.56. The summed E-state index contributed by atoms with van der Waals surface area (Å²) in [5.41, 5.74) is -0.790. The molecule has 0 saturated heterocycles. The zero-order valence-electron chi connectivity index (χ0n) is 13.6. The number of anilines is 1. The van der Waals surface area contributed by atoms with Gasteiger partial charge in [-0.2, -0.15) is 13.2 Å². The predicted molar refractivity (Wildman–Crippen MR) is 81.7 cm³/mol. The Kier molecular flexibility index (Phi) is 5.05. The van der Waals surface area contributed by atoms with E-state index >= 15 is 0 Å². The smallest absolute Gasteiger partial charge is 0.416 e. The fraction of sp³-hybridized carbons (Fsp3) is 0.500. The third-order valence-corrected chi connectivity index (χ3v) is 3.71. The Hall–Kier alpha value is -2.25. The molecule has 0 radical (unpaired) electrons. The van der Waals surface area contributed by atoms with E-state index in [-0.39, 0.29) is 36.4 Å². The van der Waals surface area contributed by atoms with Crippen LogP contribution in [0.4, 0.5) is 18.9 Å². The molecule has 0 spiro atoms. The average molecular weight is 344 g/mol. The first-order valence-corrected chi connectivity index (χ1v) is 7.53. The number of alkyl halides is 3. The predicted octanol–water partition coefficient (Wildman–Crippen LogP) is 2.59. The lowest BCUT2D eigenvalue weighted by molar-refractivity contribution is -0.137. The van der Waals surface area contributed by atoms with Gasteiger partial charge < -0.3 is 15.0 Å². The first kappa shape index (κ1) is 18.1. The van der Waals surface area contributed by atoms with E-state index in [1.807, 2.05) is 0 Å². The second-order valence-electron chi connectivity index (χ2n) is 5.94. The maximum atomic E-state index is 12.9. The van der Waals surface area contributed by atoms with Crippen molar-refractivity contribution in [2.75, 3.05) is 18.1 Å². The van der Waals surface area contributed by atoms with Crippen molar-refractivity contribution in [2.24, 2.45) is 5.92 Å². The number of carbonyl (C=O) groups is 2. The SMILES string of the molecule is CC(=O)NC(C(=O)N1CCOc2ccc(C(F)(F)F)cc21)C(C)C. The van der Waals surface area contributed by atoms with E-state index in [4.69, 9.17) is 4.74 Å². The minimum Gasteiger partial charge on any atom is -0.490 e. The van der Waals surface area contributed by atoms with Gasteiger partial charge in [0.1, 0.15) is 18.4 Å². The van der Waals surface area contributed by atoms with Crippen molar-refractivity contribution in [1.82, 2.24) is 5.32 Å². The van der Waals surface area contributed by atoms with Gasteiger partial charge in [0.25, 0.3) is 0 Å². The molecule has 0 aliphatic carbocycles. The number of nitrogens with zero attached hydrogens (tertiary/aromatic N) is 1. The van der Waals surface area contributed by atoms with E-state index < -0.39 is 23.7 Å². The van der Waals surface area contributed by atoms with Crippen LogP contribution >= 0.6 is 0 Å². The number of carbonyl (C=O) groups excluding carboxylic acids is 2. The highest BCUT2D eigenvalue weighted by Crippen LogP contribution is 2.38. The summed E-state index contributed by atoms with van der Waals surface area (Å²) < 4.78 is 44.2. The van der Waals surface area contributed by atoms with Crippen molar-refractivity contribution in [2.45, 2.75) is 33.0 Å². The van der Waals surface area contributed by atoms with Crippen molar-refractivity contribution in [1.29, 1.82) is 0 Å². The van der Waals surface area contributed by atoms with E-state index in [0.717, 1.165) is 12.1 Å². The molecule has 0 saturated carbocycles. The Bertz CT molecular complexity index is 644. The number of amides is 2. The minimum atomic E-state index is -4.52. The maximum Gasteiger partial charge on any atom is 0.416 e. The minimum absolute atomic E-state index is 0.0667. The van der Waals surface area contributed by atoms with Gasteiger partial charge in [0.15, 0.2) is 0 Å². The first-order valence-electron chi connectivity index (χ1n) is 7.53. The van der Waals surface area contributed by atoms with Crippen LogP contribution in [-0.4, -0.2) is 31.0 Å². The Balaban J connectivity index is 2.39. The fourth-order valence-corrected chi connectivity index (χ4v) is 2.52. The molecule has 1 aromatic carbocycles. The Morgan fingerprint density at radius 3 is 2.50 bits per heavy atom. The third kappa shape index (κ3) is 3.80. The number of halogens is 3. The van der Waals surface area contributed by atoms with Gasteiger partial charge in [0.2, 0.25) is 11.8 Å². The summed E-state index contributed by atoms with van der Waals surface area (Å²) in [6, 6.07) is 2.21. The van der Waals surface area contributed by atoms with Crippen LogP contribution in [0.15, 0.2) is 18.2 Å². The van der Waals surface area contributed by atoms with Crippen molar-refractivity contribution in [3.05, 3.63) is 23.8 Å². The van der Waals surface area contributed by atoms with Crippen molar-refractivity contribution in [3.63, 3.8) is 0 Å². The van der Waals surface area contributed by atoms with Crippen LogP contribution in [0.5, 0.6) is 5.75 Å². The largest absolute Gasteiger partial charge is 0.490 e. The van der Waals surface area contributed by atoms with Crippen LogP contribution in [0.2, 0.25) is 0 Å². The zero-order chi connectivity index (χ0) is 18.1. The molecular formula is C16H19F3N2O3. The molecule has 5 nitrogen and oxygen atoms in total. The second kappa shape index (κ2) is 6.70. The van der Waals surface area contributed by atoms with Crippen LogP contribution < -0.4 is 15.0 Å². The van der Waals surface area contributed by atoms with Crippen molar-refractivity contribution < 1.29 is 27.5 Å². The molecule has 1 N–H and O–H groups in total. The number of hydrogen-bond acceptors (Lipinski definition) is 3. The maximum absolute atomic E-state index is 12.9. The molecule has 1 heterocycles. The third-order valence-electron chi connectivity index (χ3n) is 3.71. The Morgan fingerprint density at radius 1 is 1.29 bits per heavy atom. The lowest BCUT2D eigenvalue weighted by atomic mass is 10.0. The highest BCUT2D eigenvalue weighted by atomic mass is 19.4. The lowest BCUT2D eigenvalue weighted by Crippen LogP contribution is -2.52. The Morgan fingerprint density at radius 2 is 1.96 bits per heavy atom. The van der Waals surface area contributed by atoms with Crippen LogP contribution in [0.3, 0.4) is 0 Å². The highest BCUT2D eigenvalue weighted by Gasteiger charge is 2.36. The van der Waals surface area contributed by atoms with Crippen molar-refractivity contribution in [3.8, 4) is 5.75 Å². The molecule has 0 bridgehead atoms. The summed E-state index contributed by atoms with van der Waals surface area (Å²) in [5.74, 6) is -0.824. The molecule has 2 amide bonds. The number of benzene rings is 1. The molecular weight excluding hydrogens is 325 g/mol. The summed E-state index contributed by atoms with van der Waals surface area (Å²) in [7, 11) is 0. The number of rotatable bonds is 3. The molecule has 24 heavy (non-hydrogen) atoms. The lowest BCUT2D eigenvalue weighted by Gasteiger charge is -2.34. The molecule has 0 aromatic heterocycles. The monoisotopic (exact) mass is 344 g/mol. The first-order chi connectivity index (χ1) is 11.1. The van der Waals surface area contributed by atoms with E-state index in [0.29, 0.717) is 0 Å². The van der Waals surface area contributed by atoms with Crippen LogP contribution in [0.25, 0.3) is 0 Å². The fourth-order valence-electron chi connectivity index (χ4n) is 2.52. The van der Waals surface area contributed by atoms with Gasteiger partial charge in [-0.1, -0.05) is 13.8 Å². The zero-order valence-corrected chi connectivity index (χ0v) is 13.6. The molecule has 1 aliphatic rings. The molecule has 1 aliphatic heterocycles. The van der Waals surface area contributed by atoms with Gasteiger partial charge in [-0.15, -0.1) is 0 Å². The van der Waals surface area contributed by atoms with E-state index in [2.05, 4.69) is 5.32 Å². The molecule has 0 fully saturated rings. The molecule has 2 rings (SSSR count). The van der Waals surface area contributed by atoms with E-state index in [9.17, 15) is 22.8 Å². The van der Waals surface area contributed by atoms with Gasteiger partial charge >= 0.3 is 6.18 Å². The molecule has 132 valence electrons. The standard InChI is InChI=1S/C16H19F3N2O3/c1-9(2)14(20-10(3)22)15(23)21-6-7-24-13-5-4-11(8-12(13)21)16(17,18)19/h4-5,8-9,14H,6-7H2,1-3H3,(H,20,22). The summed E-state index contributed by atoms with van der Waals surface area (Å²) in [4.78, 5) is 25.3. The topological polar surface area (TPSA) is 58.6 Å². The Labute approximate surface area is 137 Å². The molecule has 1 unspecified atom stereocenters. The van der Waals surface area contributed by atoms with Gasteiger partial charge in [-0.25, -0.2) is 0 Å². The highest BCUT2D eigenvalue weighted by molar-refractivity contribution is 6.00. The summed E-state index contributed by atoms with van der Waals surface area (Å²) >= 11 is 0. The summed E-state index contributed by atoms with van der Waals surface area (Å²) in [6.07, 6.45) is -4.52. The van der Waals surface area contributed by atoms with Gasteiger partial charge in [-0.3, -0.25) is 9.59 Å². The van der Waals surface area contributed by atoms with Gasteiger partial charge in [-0.05, 0) is 24.1 Å². The van der Waals surface area contributed by atoms with Gasteiger partial charge in [0, 0.05) is 6.92 Å². The molecule has 1 atom stereocenters. The molecule has 1 aromatic rings. The van der Waals surface area contributed by atoms with Crippen LogP contribution in [-0.2, 0) is 15.8 Å². The van der Waals surface area contributed by atoms with Crippen molar-refractivity contribution >= 4 is 17.5 Å². The number of nitrogens with one attached hydrogen (secondary N) is 1. The normalized spacial score (nSPS) is 15.5. The average Bonchev–Trinajstić information content (AvgIpc) is 2.49. The van der Waals surface area contributed by atoms with Crippen LogP contribution in [0.1, 0.15) is 26.3 Å². The van der Waals surface area contributed by atoms with Gasteiger partial charge in [0.05, 0.1) is 17.8 Å². The number of hydrogen-bond donors (Lipinski definition) is 1. The van der Waals surface area contributed by atoms with E-state index in [1.165, 1.54) is 17.9 Å². The second-order valence-corrected chi connectivity index (χ2v) is 5.94. The number of fused-ring (bicyclic) bond motifs is 1. The quantitative estimate of drug-likeness (QED) is 0.917. The summed E-state index contributed by atoms with van der Waals surface area (Å²) in [6.45, 7) is 5.10. The number of ether oxygens (including phenoxy) is 1. The van der Waals surface area contributed by atoms with Crippen LogP contribution in [0, 0.1) is 5.92 Å².